The molecule has 8 heteroatoms. The highest BCUT2D eigenvalue weighted by Gasteiger charge is 2.31. The summed E-state index contributed by atoms with van der Waals surface area (Å²) < 4.78 is 8.15. The van der Waals surface area contributed by atoms with Crippen LogP contribution in [0.5, 0.6) is 5.75 Å². The van der Waals surface area contributed by atoms with Gasteiger partial charge < -0.3 is 10.1 Å². The number of anilines is 1. The fourth-order valence-electron chi connectivity index (χ4n) is 3.51. The van der Waals surface area contributed by atoms with Gasteiger partial charge in [0.25, 0.3) is 0 Å². The minimum atomic E-state index is -0.0328. The summed E-state index contributed by atoms with van der Waals surface area (Å²) in [6.45, 7) is 1.98. The predicted octanol–water partition coefficient (Wildman–Crippen LogP) is 4.57. The van der Waals surface area contributed by atoms with Gasteiger partial charge in [0, 0.05) is 5.56 Å². The molecule has 146 valence electrons. The Morgan fingerprint density at radius 3 is 2.72 bits per heavy atom. The summed E-state index contributed by atoms with van der Waals surface area (Å²) in [5.74, 6) is 1.86. The number of rotatable bonds is 3. The van der Waals surface area contributed by atoms with Crippen LogP contribution >= 0.6 is 23.1 Å². The van der Waals surface area contributed by atoms with Crippen molar-refractivity contribution in [2.75, 3.05) is 18.2 Å². The highest BCUT2D eigenvalue weighted by atomic mass is 32.2. The minimum absolute atomic E-state index is 0.00187. The third-order valence-electron chi connectivity index (χ3n) is 4.89. The topological polar surface area (TPSA) is 69.0 Å². The second-order valence-corrected chi connectivity index (χ2v) is 8.84. The van der Waals surface area contributed by atoms with Gasteiger partial charge in [-0.2, -0.15) is 9.78 Å². The summed E-state index contributed by atoms with van der Waals surface area (Å²) in [7, 11) is 1.66. The number of methoxy groups -OCH3 is 1. The summed E-state index contributed by atoms with van der Waals surface area (Å²) in [4.78, 5) is 17.2. The molecule has 5 rings (SSSR count). The predicted molar refractivity (Wildman–Crippen MR) is 117 cm³/mol. The largest absolute Gasteiger partial charge is 0.497 e. The Balaban J connectivity index is 1.66. The molecule has 6 nitrogen and oxygen atoms in total. The lowest BCUT2D eigenvalue weighted by Crippen LogP contribution is -2.15. The molecule has 0 fully saturated rings. The van der Waals surface area contributed by atoms with Gasteiger partial charge in [-0.1, -0.05) is 35.6 Å². The molecular formula is C21H18N4O2S2. The Morgan fingerprint density at radius 2 is 1.97 bits per heavy atom. The van der Waals surface area contributed by atoms with Gasteiger partial charge in [-0.15, -0.1) is 11.8 Å². The number of hydrogen-bond acceptors (Lipinski definition) is 6. The van der Waals surface area contributed by atoms with Crippen LogP contribution in [0.25, 0.3) is 15.3 Å². The van der Waals surface area contributed by atoms with Crippen LogP contribution in [0.4, 0.5) is 5.82 Å². The lowest BCUT2D eigenvalue weighted by molar-refractivity contribution is -0.113. The number of nitrogens with zero attached hydrogens (tertiary/aromatic N) is 3. The van der Waals surface area contributed by atoms with Crippen molar-refractivity contribution < 1.29 is 9.53 Å². The first-order chi connectivity index (χ1) is 14.1. The van der Waals surface area contributed by atoms with Gasteiger partial charge in [0.05, 0.1) is 34.0 Å². The van der Waals surface area contributed by atoms with Crippen molar-refractivity contribution in [3.63, 3.8) is 0 Å². The van der Waals surface area contributed by atoms with Gasteiger partial charge in [-0.05, 0) is 36.8 Å². The number of para-hydroxylation sites is 1. The zero-order valence-corrected chi connectivity index (χ0v) is 17.5. The standard InChI is InChI=1S/C21H18N4O2S2/c1-12-18-19(13-7-9-14(27-2)10-8-13)28-11-17(26)23-20(18)25(24-12)21-22-15-5-3-4-6-16(15)29-21/h3-10,19H,11H2,1-2H3,(H,23,26). The van der Waals surface area contributed by atoms with Gasteiger partial charge in [0.1, 0.15) is 11.6 Å². The molecule has 3 heterocycles. The molecule has 0 saturated heterocycles. The molecule has 0 saturated carbocycles. The molecule has 0 bridgehead atoms. The maximum Gasteiger partial charge on any atom is 0.235 e. The Bertz CT molecular complexity index is 1180. The quantitative estimate of drug-likeness (QED) is 0.524. The van der Waals surface area contributed by atoms with E-state index in [2.05, 4.69) is 5.32 Å². The molecule has 1 N–H and O–H groups in total. The number of carbonyl (C=O) groups excluding carboxylic acids is 1. The number of thioether (sulfide) groups is 1. The molecule has 1 unspecified atom stereocenters. The fourth-order valence-corrected chi connectivity index (χ4v) is 5.63. The van der Waals surface area contributed by atoms with Gasteiger partial charge in [-0.3, -0.25) is 4.79 Å². The summed E-state index contributed by atoms with van der Waals surface area (Å²) in [5, 5.41) is 8.56. The number of thiazole rings is 1. The molecule has 0 aliphatic carbocycles. The summed E-state index contributed by atoms with van der Waals surface area (Å²) >= 11 is 3.17. The number of fused-ring (bicyclic) bond motifs is 2. The van der Waals surface area contributed by atoms with Crippen LogP contribution in [0.3, 0.4) is 0 Å². The molecular weight excluding hydrogens is 404 g/mol. The van der Waals surface area contributed by atoms with E-state index in [-0.39, 0.29) is 11.2 Å². The van der Waals surface area contributed by atoms with E-state index < -0.39 is 0 Å². The van der Waals surface area contributed by atoms with Crippen molar-refractivity contribution in [2.45, 2.75) is 12.2 Å². The van der Waals surface area contributed by atoms with Crippen molar-refractivity contribution >= 4 is 45.0 Å². The van der Waals surface area contributed by atoms with Crippen molar-refractivity contribution in [1.82, 2.24) is 14.8 Å². The van der Waals surface area contributed by atoms with E-state index in [9.17, 15) is 4.79 Å². The molecule has 4 aromatic rings. The lowest BCUT2D eigenvalue weighted by Gasteiger charge is -2.15. The van der Waals surface area contributed by atoms with Crippen molar-refractivity contribution in [1.29, 1.82) is 0 Å². The zero-order chi connectivity index (χ0) is 20.0. The first kappa shape index (κ1) is 18.2. The number of hydrogen-bond donors (Lipinski definition) is 1. The number of aryl methyl sites for hydroxylation is 1. The average molecular weight is 423 g/mol. The minimum Gasteiger partial charge on any atom is -0.497 e. The Labute approximate surface area is 175 Å². The molecule has 2 aromatic carbocycles. The summed E-state index contributed by atoms with van der Waals surface area (Å²) in [6, 6.07) is 16.0. The van der Waals surface area contributed by atoms with E-state index in [1.807, 2.05) is 55.5 Å². The molecule has 1 aliphatic heterocycles. The van der Waals surface area contributed by atoms with E-state index in [0.29, 0.717) is 11.6 Å². The number of ether oxygens (including phenoxy) is 1. The first-order valence-corrected chi connectivity index (χ1v) is 11.0. The third kappa shape index (κ3) is 3.18. The molecule has 1 aliphatic rings. The zero-order valence-electron chi connectivity index (χ0n) is 15.9. The normalized spacial score (nSPS) is 16.3. The number of aromatic nitrogens is 3. The van der Waals surface area contributed by atoms with Crippen LogP contribution in [-0.4, -0.2) is 33.5 Å². The summed E-state index contributed by atoms with van der Waals surface area (Å²) in [5.41, 5.74) is 3.94. The number of carbonyl (C=O) groups is 1. The molecule has 1 atom stereocenters. The van der Waals surface area contributed by atoms with Gasteiger partial charge in [0.2, 0.25) is 11.0 Å². The number of nitrogens with one attached hydrogen (secondary N) is 1. The monoisotopic (exact) mass is 422 g/mol. The van der Waals surface area contributed by atoms with Gasteiger partial charge in [-0.25, -0.2) is 4.98 Å². The highest BCUT2D eigenvalue weighted by molar-refractivity contribution is 8.00. The Hall–Kier alpha value is -2.84. The molecule has 0 spiro atoms. The average Bonchev–Trinajstić information content (AvgIpc) is 3.25. The van der Waals surface area contributed by atoms with Crippen molar-refractivity contribution in [3.05, 3.63) is 65.4 Å². The van der Waals surface area contributed by atoms with Crippen molar-refractivity contribution in [3.8, 4) is 10.9 Å². The van der Waals surface area contributed by atoms with Crippen LogP contribution in [0.1, 0.15) is 22.1 Å². The van der Waals surface area contributed by atoms with E-state index in [0.717, 1.165) is 37.9 Å². The van der Waals surface area contributed by atoms with Crippen molar-refractivity contribution in [2.24, 2.45) is 0 Å². The van der Waals surface area contributed by atoms with E-state index in [4.69, 9.17) is 14.8 Å². The SMILES string of the molecule is COc1ccc(C2SCC(=O)Nc3c2c(C)nn3-c2nc3ccccc3s2)cc1. The van der Waals surface area contributed by atoms with E-state index in [1.165, 1.54) is 0 Å². The maximum atomic E-state index is 12.5. The first-order valence-electron chi connectivity index (χ1n) is 9.15. The number of benzene rings is 2. The van der Waals surface area contributed by atoms with Crippen LogP contribution in [-0.2, 0) is 4.79 Å². The molecule has 1 amide bonds. The van der Waals surface area contributed by atoms with Gasteiger partial charge in [0.15, 0.2) is 0 Å². The van der Waals surface area contributed by atoms with Gasteiger partial charge >= 0.3 is 0 Å². The van der Waals surface area contributed by atoms with Crippen LogP contribution < -0.4 is 10.1 Å². The smallest absolute Gasteiger partial charge is 0.235 e. The summed E-state index contributed by atoms with van der Waals surface area (Å²) in [6.07, 6.45) is 0. The third-order valence-corrected chi connectivity index (χ3v) is 7.17. The second kappa shape index (κ2) is 7.20. The van der Waals surface area contributed by atoms with Crippen LogP contribution in [0.15, 0.2) is 48.5 Å². The molecule has 0 radical (unpaired) electrons. The highest BCUT2D eigenvalue weighted by Crippen LogP contribution is 2.44. The lowest BCUT2D eigenvalue weighted by atomic mass is 10.0. The Kier molecular flexibility index (Phi) is 4.52. The maximum absolute atomic E-state index is 12.5. The Morgan fingerprint density at radius 1 is 1.17 bits per heavy atom. The fraction of sp³-hybridized carbons (Fsp3) is 0.190. The van der Waals surface area contributed by atoms with Crippen LogP contribution in [0.2, 0.25) is 0 Å². The van der Waals surface area contributed by atoms with E-state index in [1.54, 1.807) is 34.9 Å². The second-order valence-electron chi connectivity index (χ2n) is 6.74. The molecule has 29 heavy (non-hydrogen) atoms. The molecule has 2 aromatic heterocycles. The van der Waals surface area contributed by atoms with E-state index >= 15 is 0 Å². The van der Waals surface area contributed by atoms with Crippen LogP contribution in [0, 0.1) is 6.92 Å². The number of amides is 1.